The van der Waals surface area contributed by atoms with Crippen molar-refractivity contribution in [1.82, 2.24) is 24.7 Å². The van der Waals surface area contributed by atoms with Gasteiger partial charge < -0.3 is 24.7 Å². The number of aryl methyl sites for hydroxylation is 1. The van der Waals surface area contributed by atoms with Gasteiger partial charge in [-0.2, -0.15) is 0 Å². The highest BCUT2D eigenvalue weighted by Gasteiger charge is 2.65. The third-order valence-electron chi connectivity index (χ3n) is 10.1. The number of nitrogens with one attached hydrogen (secondary N) is 2. The van der Waals surface area contributed by atoms with Crippen LogP contribution in [0.2, 0.25) is 5.02 Å². The predicted molar refractivity (Wildman–Crippen MR) is 221 cm³/mol. The molecule has 0 bridgehead atoms. The van der Waals surface area contributed by atoms with Gasteiger partial charge >= 0.3 is 16.6 Å². The minimum absolute atomic E-state index is 0.0907. The molecule has 0 unspecified atom stereocenters. The fourth-order valence-electron chi connectivity index (χ4n) is 7.02. The van der Waals surface area contributed by atoms with E-state index in [0.29, 0.717) is 63.9 Å². The second kappa shape index (κ2) is 16.7. The van der Waals surface area contributed by atoms with Gasteiger partial charge in [-0.15, -0.1) is 13.2 Å². The van der Waals surface area contributed by atoms with Crippen LogP contribution in [0.1, 0.15) is 58.6 Å². The van der Waals surface area contributed by atoms with Gasteiger partial charge in [-0.05, 0) is 90.4 Å². The smallest absolute Gasteiger partial charge is 0.459 e. The van der Waals surface area contributed by atoms with Gasteiger partial charge in [0.15, 0.2) is 11.4 Å². The maximum atomic E-state index is 13.0. The molecule has 1 aliphatic rings. The highest BCUT2D eigenvalue weighted by Crippen LogP contribution is 3.02. The largest absolute Gasteiger partial charge is 0.573 e. The predicted octanol–water partition coefficient (Wildman–Crippen LogP) is 12.3. The van der Waals surface area contributed by atoms with E-state index in [2.05, 4.69) is 47.4 Å². The first-order valence-corrected chi connectivity index (χ1v) is 21.5. The Morgan fingerprint density at radius 1 is 0.871 bits per heavy atom. The first-order chi connectivity index (χ1) is 29.2. The third kappa shape index (κ3) is 10.9. The zero-order valence-electron chi connectivity index (χ0n) is 32.7. The number of furan rings is 1. The number of fused-ring (bicyclic) bond motifs is 2. The minimum atomic E-state index is -9.63. The van der Waals surface area contributed by atoms with Crippen molar-refractivity contribution in [3.63, 3.8) is 0 Å². The van der Waals surface area contributed by atoms with Gasteiger partial charge in [0.1, 0.15) is 33.8 Å². The second-order valence-electron chi connectivity index (χ2n) is 14.4. The van der Waals surface area contributed by atoms with Crippen LogP contribution in [-0.2, 0) is 19.5 Å². The summed E-state index contributed by atoms with van der Waals surface area (Å²) in [6, 6.07) is 22.2. The molecule has 7 aromatic rings. The number of hydrogen-bond donors (Lipinski definition) is 2. The van der Waals surface area contributed by atoms with Crippen molar-refractivity contribution in [2.24, 2.45) is 0 Å². The Morgan fingerprint density at radius 2 is 1.53 bits per heavy atom. The van der Waals surface area contributed by atoms with E-state index in [9.17, 15) is 37.4 Å². The summed E-state index contributed by atoms with van der Waals surface area (Å²) in [5, 5.41) is 6.39. The molecular weight excluding hydrogens is 870 g/mol. The summed E-state index contributed by atoms with van der Waals surface area (Å²) >= 11 is 6.14. The number of alkyl halides is 3. The Kier molecular flexibility index (Phi) is 11.8. The van der Waals surface area contributed by atoms with Crippen molar-refractivity contribution < 1.29 is 46.5 Å². The topological polar surface area (TPSA) is 110 Å². The van der Waals surface area contributed by atoms with E-state index in [1.165, 1.54) is 24.7 Å². The fourth-order valence-corrected chi connectivity index (χ4v) is 7.83. The summed E-state index contributed by atoms with van der Waals surface area (Å²) in [4.78, 5) is 25.9. The van der Waals surface area contributed by atoms with Gasteiger partial charge in [0.2, 0.25) is 0 Å². The van der Waals surface area contributed by atoms with Crippen molar-refractivity contribution in [2.75, 3.05) is 23.3 Å². The highest BCUT2D eigenvalue weighted by molar-refractivity contribution is 8.45. The average molecular weight is 908 g/mol. The molecule has 1 fully saturated rings. The number of benzene rings is 3. The molecule has 8 rings (SSSR count). The molecule has 2 N–H and O–H groups in total. The molecule has 1 amide bonds. The SMILES string of the molecule is CCc1nc2ccc(Cl)cn2c1C(=O)NCc1ccc(N2CCC(c3ccc(OC(F)(F)F)cc3)CC2)cc1.FS(F)(F)(F)(F)c1ccc(CNc2ncnc3ccoc23)cc1. The zero-order valence-corrected chi connectivity index (χ0v) is 34.3. The van der Waals surface area contributed by atoms with Crippen molar-refractivity contribution in [1.29, 1.82) is 0 Å². The quantitative estimate of drug-likeness (QED) is 0.124. The van der Waals surface area contributed by atoms with E-state index in [-0.39, 0.29) is 24.1 Å². The molecule has 5 heterocycles. The Balaban J connectivity index is 0.000000213. The summed E-state index contributed by atoms with van der Waals surface area (Å²) in [7, 11) is -9.63. The lowest BCUT2D eigenvalue weighted by molar-refractivity contribution is -0.274. The number of pyridine rings is 1. The van der Waals surface area contributed by atoms with E-state index in [1.807, 2.05) is 19.1 Å². The summed E-state index contributed by atoms with van der Waals surface area (Å²) in [6.07, 6.45) is 2.18. The maximum Gasteiger partial charge on any atom is 0.573 e. The van der Waals surface area contributed by atoms with E-state index < -0.39 is 21.5 Å². The third-order valence-corrected chi connectivity index (χ3v) is 11.5. The molecule has 0 spiro atoms. The number of carbonyl (C=O) groups is 1. The van der Waals surface area contributed by atoms with Crippen LogP contribution in [-0.4, -0.2) is 44.7 Å². The van der Waals surface area contributed by atoms with Crippen LogP contribution >= 0.6 is 21.8 Å². The number of piperidine rings is 1. The molecule has 62 heavy (non-hydrogen) atoms. The van der Waals surface area contributed by atoms with Crippen molar-refractivity contribution in [2.45, 2.75) is 56.5 Å². The number of anilines is 2. The molecule has 0 radical (unpaired) electrons. The van der Waals surface area contributed by atoms with Crippen LogP contribution in [0.4, 0.5) is 44.1 Å². The van der Waals surface area contributed by atoms with Crippen molar-refractivity contribution in [3.8, 4) is 5.75 Å². The van der Waals surface area contributed by atoms with Gasteiger partial charge in [-0.3, -0.25) is 9.20 Å². The van der Waals surface area contributed by atoms with Crippen LogP contribution in [0.3, 0.4) is 0 Å². The van der Waals surface area contributed by atoms with Crippen molar-refractivity contribution in [3.05, 3.63) is 143 Å². The number of aromatic nitrogens is 4. The lowest BCUT2D eigenvalue weighted by atomic mass is 9.89. The summed E-state index contributed by atoms with van der Waals surface area (Å²) in [5.74, 6) is 0.245. The molecule has 0 saturated carbocycles. The fraction of sp³-hybridized carbons (Fsp3) is 0.238. The van der Waals surface area contributed by atoms with E-state index in [1.54, 1.807) is 40.9 Å². The van der Waals surface area contributed by atoms with Crippen LogP contribution in [0.25, 0.3) is 16.7 Å². The Bertz CT molecular complexity index is 2670. The standard InChI is InChI=1S/C29H28ClF3N4O2.C13H10F5N3OS/c1-2-25-27(37-18-22(30)7-12-26(37)35-25)28(38)34-17-19-3-8-23(9-4-19)36-15-13-21(14-16-36)20-5-10-24(11-6-20)39-29(31,32)33;14-23(15,16,17,18)10-3-1-9(2-4-10)7-19-13-12-11(5-6-22-12)20-8-21-13/h3-12,18,21H,2,13-17H2,1H3,(H,34,38);1-6,8H,7H2,(H,19,20,21). The Hall–Kier alpha value is -6.08. The average Bonchev–Trinajstić information content (AvgIpc) is 3.87. The molecule has 328 valence electrons. The highest BCUT2D eigenvalue weighted by atomic mass is 35.5. The maximum absolute atomic E-state index is 13.0. The monoisotopic (exact) mass is 907 g/mol. The van der Waals surface area contributed by atoms with Crippen LogP contribution in [0.5, 0.6) is 5.75 Å². The number of amides is 1. The van der Waals surface area contributed by atoms with Crippen LogP contribution in [0.15, 0.2) is 119 Å². The van der Waals surface area contributed by atoms with Gasteiger partial charge in [0.25, 0.3) is 5.91 Å². The molecular formula is C42H38ClF8N7O3S. The van der Waals surface area contributed by atoms with Crippen molar-refractivity contribution >= 4 is 56.0 Å². The first kappa shape index (κ1) is 44.0. The van der Waals surface area contributed by atoms with E-state index in [4.69, 9.17) is 16.0 Å². The lowest BCUT2D eigenvalue weighted by Gasteiger charge is -2.40. The molecule has 4 aromatic heterocycles. The Morgan fingerprint density at radius 3 is 2.18 bits per heavy atom. The number of rotatable bonds is 11. The molecule has 10 nitrogen and oxygen atoms in total. The van der Waals surface area contributed by atoms with Gasteiger partial charge in [-0.25, -0.2) is 15.0 Å². The number of hydrogen-bond acceptors (Lipinski definition) is 8. The summed E-state index contributed by atoms with van der Waals surface area (Å²) < 4.78 is 111. The van der Waals surface area contributed by atoms with E-state index >= 15 is 0 Å². The number of ether oxygens (including phenoxy) is 1. The zero-order chi connectivity index (χ0) is 44.4. The number of nitrogens with zero attached hydrogens (tertiary/aromatic N) is 5. The second-order valence-corrected chi connectivity index (χ2v) is 17.2. The first-order valence-electron chi connectivity index (χ1n) is 19.1. The lowest BCUT2D eigenvalue weighted by Crippen LogP contribution is -2.32. The van der Waals surface area contributed by atoms with Crippen LogP contribution in [0, 0.1) is 0 Å². The normalized spacial score (nSPS) is 14.8. The van der Waals surface area contributed by atoms with Gasteiger partial charge in [0.05, 0.1) is 17.0 Å². The molecule has 1 aliphatic heterocycles. The molecule has 20 heteroatoms. The Labute approximate surface area is 354 Å². The summed E-state index contributed by atoms with van der Waals surface area (Å²) in [5.41, 5.74) is 6.35. The molecule has 0 atom stereocenters. The summed E-state index contributed by atoms with van der Waals surface area (Å²) in [6.45, 7) is 4.13. The van der Waals surface area contributed by atoms with Gasteiger partial charge in [-0.1, -0.05) is 74.4 Å². The van der Waals surface area contributed by atoms with E-state index in [0.717, 1.165) is 60.6 Å². The number of imidazole rings is 1. The molecule has 0 aliphatic carbocycles. The van der Waals surface area contributed by atoms with Crippen LogP contribution < -0.4 is 20.3 Å². The minimum Gasteiger partial charge on any atom is -0.459 e. The molecule has 3 aromatic carbocycles. The van der Waals surface area contributed by atoms with Gasteiger partial charge in [0, 0.05) is 44.1 Å². The number of carbonyl (C=O) groups excluding carboxylic acids is 1. The molecule has 1 saturated heterocycles. The number of halogens is 9.